The van der Waals surface area contributed by atoms with Gasteiger partial charge < -0.3 is 72.1 Å². The summed E-state index contributed by atoms with van der Waals surface area (Å²) >= 11 is 0. The van der Waals surface area contributed by atoms with Crippen LogP contribution < -0.4 is 0 Å². The summed E-state index contributed by atoms with van der Waals surface area (Å²) in [6.45, 7) is 73.1. The maximum atomic E-state index is 6.75. The van der Waals surface area contributed by atoms with Crippen LogP contribution in [0.5, 0.6) is 0 Å². The van der Waals surface area contributed by atoms with E-state index in [1.54, 1.807) is 27.0 Å². The Morgan fingerprint density at radius 1 is 0.333 bits per heavy atom. The Hall–Kier alpha value is 1.87. The lowest BCUT2D eigenvalue weighted by Gasteiger charge is -2.39. The van der Waals surface area contributed by atoms with E-state index >= 15 is 0 Å². The molecule has 0 aliphatic heterocycles. The van der Waals surface area contributed by atoms with Crippen LogP contribution >= 0.6 is 0 Å². The van der Waals surface area contributed by atoms with Gasteiger partial charge in [-0.05, 0) is 110 Å². The van der Waals surface area contributed by atoms with Crippen molar-refractivity contribution in [3.8, 4) is 12.8 Å². The Morgan fingerprint density at radius 2 is 0.517 bits per heavy atom. The zero-order valence-electron chi connectivity index (χ0n) is 61.6. The van der Waals surface area contributed by atoms with Gasteiger partial charge in [-0.2, -0.15) is 0 Å². The molecule has 0 N–H and O–H groups in total. The SMILES string of the molecule is C.C.C.C.C#C.C=C[Si](OC)(OC)OC.CC.CC.CC.CC.CC.CC.CCC[Si](C)(C)O[Si](CC[Si](C)(C)O[Si](O[SiH2]C)(O[SiH2]C)O[SiH2]C)(OCC)OCC.CCC[Si](C)(C)O[Si](CC[Si](C)(C)O[Si](O[SiH2]C)(O[SiH2]C)O[SiH2]C)(OCC)OCC. The second kappa shape index (κ2) is 78.6. The zero-order valence-corrected chi connectivity index (χ0v) is 79.1. The smallest absolute Gasteiger partial charge is 0.416 e. The molecule has 0 rings (SSSR count). The van der Waals surface area contributed by atoms with Gasteiger partial charge in [0.2, 0.25) is 0 Å². The van der Waals surface area contributed by atoms with Crippen LogP contribution in [0, 0.1) is 12.8 Å². The van der Waals surface area contributed by atoms with Gasteiger partial charge in [-0.15, -0.1) is 12.8 Å². The van der Waals surface area contributed by atoms with E-state index in [4.69, 9.17) is 72.1 Å². The van der Waals surface area contributed by atoms with Gasteiger partial charge >= 0.3 is 44.5 Å². The molecule has 0 radical (unpaired) electrons. The molecule has 17 nitrogen and oxygen atoms in total. The first-order valence-corrected chi connectivity index (χ1v) is 65.4. The zero-order chi connectivity index (χ0) is 68.0. The molecular weight excluding hydrogens is 1350 g/mol. The minimum Gasteiger partial charge on any atom is -0.416 e. The molecule has 0 fully saturated rings. The summed E-state index contributed by atoms with van der Waals surface area (Å²) in [5, 5.41) is 0. The van der Waals surface area contributed by atoms with E-state index < -0.39 is 136 Å². The fourth-order valence-corrected chi connectivity index (χ4v) is 55.6. The maximum Gasteiger partial charge on any atom is 0.635 e. The van der Waals surface area contributed by atoms with Crippen LogP contribution in [0.2, 0.25) is 128 Å². The molecule has 0 aliphatic carbocycles. The summed E-state index contributed by atoms with van der Waals surface area (Å²) in [6.07, 6.45) is 10.2. The van der Waals surface area contributed by atoms with Gasteiger partial charge in [0.15, 0.2) is 91.8 Å². The Bertz CT molecular complexity index is 1190. The van der Waals surface area contributed by atoms with Gasteiger partial charge in [-0.3, -0.25) is 0 Å². The van der Waals surface area contributed by atoms with Crippen LogP contribution in [0.4, 0.5) is 0 Å². The predicted molar refractivity (Wildman–Crippen MR) is 428 cm³/mol. The number of hydrogen-bond acceptors (Lipinski definition) is 17. The van der Waals surface area contributed by atoms with Crippen LogP contribution in [0.3, 0.4) is 0 Å². The average molecular weight is 1520 g/mol. The molecule has 0 aromatic heterocycles. The van der Waals surface area contributed by atoms with Crippen molar-refractivity contribution in [2.24, 2.45) is 0 Å². The van der Waals surface area contributed by atoms with Gasteiger partial charge in [-0.1, -0.05) is 185 Å². The monoisotopic (exact) mass is 1510 g/mol. The van der Waals surface area contributed by atoms with E-state index in [9.17, 15) is 0 Å². The van der Waals surface area contributed by atoms with Crippen molar-refractivity contribution >= 4 is 136 Å². The summed E-state index contributed by atoms with van der Waals surface area (Å²) in [5.74, 6) is 0. The van der Waals surface area contributed by atoms with Gasteiger partial charge in [0.25, 0.3) is 0 Å². The van der Waals surface area contributed by atoms with Crippen LogP contribution in [-0.4, -0.2) is 184 Å². The van der Waals surface area contributed by atoms with Crippen molar-refractivity contribution in [1.82, 2.24) is 0 Å². The number of rotatable bonds is 42. The van der Waals surface area contributed by atoms with E-state index in [1.807, 2.05) is 111 Å². The van der Waals surface area contributed by atoms with Gasteiger partial charge in [0, 0.05) is 59.8 Å². The third kappa shape index (κ3) is 65.0. The van der Waals surface area contributed by atoms with Gasteiger partial charge in [0.1, 0.15) is 0 Å². The van der Waals surface area contributed by atoms with E-state index in [2.05, 4.69) is 125 Å². The van der Waals surface area contributed by atoms with Crippen LogP contribution in [0.15, 0.2) is 12.3 Å². The van der Waals surface area contributed by atoms with Gasteiger partial charge in [0.05, 0.1) is 0 Å². The second-order valence-corrected chi connectivity index (χ2v) is 57.5. The topological polar surface area (TPSA) is 157 Å². The lowest BCUT2D eigenvalue weighted by molar-refractivity contribution is 0.113. The molecule has 0 amide bonds. The first kappa shape index (κ1) is 122. The van der Waals surface area contributed by atoms with Crippen molar-refractivity contribution in [1.29, 1.82) is 0 Å². The fourth-order valence-electron chi connectivity index (χ4n) is 7.29. The molecule has 0 saturated carbocycles. The lowest BCUT2D eigenvalue weighted by Crippen LogP contribution is -2.58. The highest BCUT2D eigenvalue weighted by Crippen LogP contribution is 2.33. The third-order valence-corrected chi connectivity index (χ3v) is 52.8. The summed E-state index contributed by atoms with van der Waals surface area (Å²) in [4.78, 5) is 0. The highest BCUT2D eigenvalue weighted by Gasteiger charge is 2.53. The summed E-state index contributed by atoms with van der Waals surface area (Å²) in [7, 11) is -21.5. The molecule has 0 aromatic rings. The van der Waals surface area contributed by atoms with Crippen LogP contribution in [-0.2, 0) is 72.1 Å². The molecule has 87 heavy (non-hydrogen) atoms. The Morgan fingerprint density at radius 3 is 0.644 bits per heavy atom. The molecule has 0 aliphatic rings. The minimum atomic E-state index is -2.98. The van der Waals surface area contributed by atoms with Crippen molar-refractivity contribution in [2.45, 2.75) is 295 Å². The molecule has 0 bridgehead atoms. The average Bonchev–Trinajstić information content (AvgIpc) is 3.45. The first-order valence-electron chi connectivity index (χ1n) is 32.0. The molecule has 0 unspecified atom stereocenters. The summed E-state index contributed by atoms with van der Waals surface area (Å²) in [6, 6.07) is 5.51. The summed E-state index contributed by atoms with van der Waals surface area (Å²) in [5.41, 5.74) is 1.58. The van der Waals surface area contributed by atoms with E-state index in [0.717, 1.165) is 49.1 Å². The Labute approximate surface area is 572 Å². The Balaban J connectivity index is -0.0000000731. The third-order valence-electron chi connectivity index (χ3n) is 9.92. The molecule has 0 atom stereocenters. The van der Waals surface area contributed by atoms with Crippen molar-refractivity contribution in [3.63, 3.8) is 0 Å². The Kier molecular flexibility index (Phi) is 111. The van der Waals surface area contributed by atoms with Crippen LogP contribution in [0.25, 0.3) is 0 Å². The fraction of sp³-hybridized carbons (Fsp3) is 0.927. The van der Waals surface area contributed by atoms with E-state index in [1.165, 1.54) is 0 Å². The molecular formula is C55H162O17Si15. The normalized spacial score (nSPS) is 13.1. The highest BCUT2D eigenvalue weighted by atomic mass is 28.5. The summed E-state index contributed by atoms with van der Waals surface area (Å²) < 4.78 is 103. The highest BCUT2D eigenvalue weighted by molar-refractivity contribution is 6.86. The molecule has 0 aromatic carbocycles. The number of terminal acetylenes is 1. The van der Waals surface area contributed by atoms with Crippen molar-refractivity contribution in [2.75, 3.05) is 47.8 Å². The minimum absolute atomic E-state index is 0. The van der Waals surface area contributed by atoms with Gasteiger partial charge in [-0.25, -0.2) is 0 Å². The van der Waals surface area contributed by atoms with Crippen molar-refractivity contribution < 1.29 is 72.1 Å². The first-order chi connectivity index (χ1) is 39.2. The standard InChI is InChI=1S/2C16H48O7Si7.C5H12O3Si.6C2H6.C2H2.4CH4/c2*1-11-14-27(7,8)22-29(17-12-2,18-13-3)16-15-28(9,10)23-30(19-24-4,20-25-5)21-26-6;1-5-9(6-2,7-3)8-4;7*1-2;;;;/h2*11-16,24-26H2,1-10H3;5H,1H2,2-4H3;6*1-2H3;1-2H;4*1H4. The quantitative estimate of drug-likeness (QED) is 0.0419. The number of hydrogen-bond donors (Lipinski definition) is 0. The van der Waals surface area contributed by atoms with E-state index in [-0.39, 0.29) is 29.7 Å². The maximum absolute atomic E-state index is 6.75. The molecule has 0 spiro atoms. The predicted octanol–water partition coefficient (Wildman–Crippen LogP) is 15.0. The largest absolute Gasteiger partial charge is 0.635 e. The molecule has 544 valence electrons. The molecule has 0 heterocycles. The van der Waals surface area contributed by atoms with Crippen molar-refractivity contribution in [3.05, 3.63) is 12.3 Å². The van der Waals surface area contributed by atoms with E-state index in [0.29, 0.717) is 26.4 Å². The lowest BCUT2D eigenvalue weighted by atomic mass is 10.6. The molecule has 0 saturated heterocycles. The molecule has 32 heteroatoms. The van der Waals surface area contributed by atoms with Crippen LogP contribution in [0.1, 0.15) is 167 Å². The second-order valence-electron chi connectivity index (χ2n) is 18.1.